The molecule has 0 bridgehead atoms. The van der Waals surface area contributed by atoms with E-state index in [1.807, 2.05) is 0 Å². The molecule has 1 aliphatic rings. The van der Waals surface area contributed by atoms with Crippen molar-refractivity contribution in [1.82, 2.24) is 14.9 Å². The van der Waals surface area contributed by atoms with E-state index in [9.17, 15) is 4.39 Å². The topological polar surface area (TPSA) is 47.5 Å². The van der Waals surface area contributed by atoms with Gasteiger partial charge in [0.25, 0.3) is 0 Å². The fraction of sp³-hybridized carbons (Fsp3) is 0.375. The second kappa shape index (κ2) is 7.68. The molecule has 3 heterocycles. The maximum absolute atomic E-state index is 13.9. The number of pyridine rings is 2. The first kappa shape index (κ1) is 16.1. The molecule has 2 aromatic heterocycles. The minimum absolute atomic E-state index is 0.115. The predicted molar refractivity (Wildman–Crippen MR) is 85.2 cm³/mol. The Balaban J connectivity index is 1.62. The number of hydrogen-bond donors (Lipinski definition) is 0. The molecule has 1 fully saturated rings. The normalized spacial score (nSPS) is 15.6. The van der Waals surface area contributed by atoms with Gasteiger partial charge in [-0.1, -0.05) is 11.6 Å². The number of hydrogen-bond acceptors (Lipinski definition) is 5. The maximum Gasteiger partial charge on any atom is 0.137 e. The molecule has 0 atom stereocenters. The van der Waals surface area contributed by atoms with Gasteiger partial charge in [-0.3, -0.25) is 9.88 Å². The highest BCUT2D eigenvalue weighted by Crippen LogP contribution is 2.24. The van der Waals surface area contributed by atoms with Gasteiger partial charge >= 0.3 is 0 Å². The van der Waals surface area contributed by atoms with Crippen molar-refractivity contribution in [2.75, 3.05) is 39.5 Å². The molecule has 122 valence electrons. The van der Waals surface area contributed by atoms with E-state index >= 15 is 0 Å². The summed E-state index contributed by atoms with van der Waals surface area (Å²) in [6.45, 7) is 4.77. The van der Waals surface area contributed by atoms with Gasteiger partial charge in [-0.15, -0.1) is 0 Å². The summed E-state index contributed by atoms with van der Waals surface area (Å²) in [6, 6.07) is 4.63. The smallest absolute Gasteiger partial charge is 0.137 e. The third kappa shape index (κ3) is 4.37. The van der Waals surface area contributed by atoms with E-state index in [1.54, 1.807) is 18.3 Å². The van der Waals surface area contributed by atoms with Crippen LogP contribution in [0.2, 0.25) is 5.15 Å². The fourth-order valence-corrected chi connectivity index (χ4v) is 2.51. The van der Waals surface area contributed by atoms with E-state index in [0.717, 1.165) is 32.8 Å². The van der Waals surface area contributed by atoms with Gasteiger partial charge in [0.1, 0.15) is 23.3 Å². The average molecular weight is 338 g/mol. The van der Waals surface area contributed by atoms with Gasteiger partial charge in [-0.2, -0.15) is 0 Å². The Labute approximate surface area is 139 Å². The molecule has 1 aliphatic heterocycles. The lowest BCUT2D eigenvalue weighted by atomic mass is 10.2. The van der Waals surface area contributed by atoms with Crippen LogP contribution in [-0.4, -0.2) is 54.3 Å². The summed E-state index contributed by atoms with van der Waals surface area (Å²) in [7, 11) is 0. The van der Waals surface area contributed by atoms with Gasteiger partial charge in [0.05, 0.1) is 24.5 Å². The van der Waals surface area contributed by atoms with Gasteiger partial charge in [-0.25, -0.2) is 9.37 Å². The molecule has 0 radical (unpaired) electrons. The quantitative estimate of drug-likeness (QED) is 0.785. The fourth-order valence-electron chi connectivity index (χ4n) is 2.36. The van der Waals surface area contributed by atoms with E-state index in [0.29, 0.717) is 23.6 Å². The Kier molecular flexibility index (Phi) is 5.38. The van der Waals surface area contributed by atoms with Crippen molar-refractivity contribution < 1.29 is 13.9 Å². The molecule has 5 nitrogen and oxygen atoms in total. The molecule has 0 aromatic carbocycles. The lowest BCUT2D eigenvalue weighted by Crippen LogP contribution is -2.38. The summed E-state index contributed by atoms with van der Waals surface area (Å²) < 4.78 is 25.0. The van der Waals surface area contributed by atoms with Crippen molar-refractivity contribution in [1.29, 1.82) is 0 Å². The number of aromatic nitrogens is 2. The molecular weight excluding hydrogens is 321 g/mol. The molecule has 0 unspecified atom stereocenters. The van der Waals surface area contributed by atoms with Crippen LogP contribution in [0.1, 0.15) is 0 Å². The Hall–Kier alpha value is -1.76. The van der Waals surface area contributed by atoms with Crippen molar-refractivity contribution in [3.63, 3.8) is 0 Å². The Morgan fingerprint density at radius 2 is 2.09 bits per heavy atom. The van der Waals surface area contributed by atoms with Gasteiger partial charge in [0.2, 0.25) is 0 Å². The van der Waals surface area contributed by atoms with Crippen molar-refractivity contribution in [2.24, 2.45) is 0 Å². The van der Waals surface area contributed by atoms with E-state index in [-0.39, 0.29) is 5.15 Å². The molecule has 23 heavy (non-hydrogen) atoms. The minimum atomic E-state index is -0.456. The zero-order valence-electron chi connectivity index (χ0n) is 12.5. The molecule has 7 heteroatoms. The summed E-state index contributed by atoms with van der Waals surface area (Å²) in [4.78, 5) is 10.3. The first-order valence-electron chi connectivity index (χ1n) is 7.43. The molecular formula is C16H17ClFN3O2. The van der Waals surface area contributed by atoms with Crippen LogP contribution in [0.25, 0.3) is 11.3 Å². The third-order valence-corrected chi connectivity index (χ3v) is 3.81. The summed E-state index contributed by atoms with van der Waals surface area (Å²) >= 11 is 5.67. The third-order valence-electron chi connectivity index (χ3n) is 3.61. The largest absolute Gasteiger partial charge is 0.492 e. The summed E-state index contributed by atoms with van der Waals surface area (Å²) in [6.07, 6.45) is 2.96. The SMILES string of the molecule is Fc1cc(Cl)ncc1-c1cc(OCCN2CCOCC2)ccn1. The minimum Gasteiger partial charge on any atom is -0.492 e. The second-order valence-corrected chi connectivity index (χ2v) is 5.55. The molecule has 2 aromatic rings. The van der Waals surface area contributed by atoms with Crippen molar-refractivity contribution in [3.8, 4) is 17.0 Å². The first-order chi connectivity index (χ1) is 11.2. The zero-order valence-corrected chi connectivity index (χ0v) is 13.3. The number of morpholine rings is 1. The summed E-state index contributed by atoms with van der Waals surface area (Å²) in [5.41, 5.74) is 0.767. The average Bonchev–Trinajstić information content (AvgIpc) is 2.56. The van der Waals surface area contributed by atoms with Crippen molar-refractivity contribution in [2.45, 2.75) is 0 Å². The van der Waals surface area contributed by atoms with E-state index < -0.39 is 5.82 Å². The Morgan fingerprint density at radius 3 is 2.87 bits per heavy atom. The van der Waals surface area contributed by atoms with Gasteiger partial charge in [0.15, 0.2) is 0 Å². The summed E-state index contributed by atoms with van der Waals surface area (Å²) in [5.74, 6) is 0.195. The van der Waals surface area contributed by atoms with Gasteiger partial charge in [0, 0.05) is 44.2 Å². The highest BCUT2D eigenvalue weighted by Gasteiger charge is 2.11. The van der Waals surface area contributed by atoms with Crippen molar-refractivity contribution >= 4 is 11.6 Å². The van der Waals surface area contributed by atoms with Gasteiger partial charge in [-0.05, 0) is 6.07 Å². The molecule has 0 amide bonds. The van der Waals surface area contributed by atoms with Crippen molar-refractivity contribution in [3.05, 3.63) is 41.6 Å². The monoisotopic (exact) mass is 337 g/mol. The van der Waals surface area contributed by atoms with E-state index in [1.165, 1.54) is 12.3 Å². The van der Waals surface area contributed by atoms with Crippen LogP contribution in [0.3, 0.4) is 0 Å². The predicted octanol–water partition coefficient (Wildman–Crippen LogP) is 2.65. The Morgan fingerprint density at radius 1 is 1.26 bits per heavy atom. The first-order valence-corrected chi connectivity index (χ1v) is 7.80. The standard InChI is InChI=1S/C16H17ClFN3O2/c17-16-10-14(18)13(11-20-16)15-9-12(1-2-19-15)23-8-5-21-3-6-22-7-4-21/h1-2,9-11H,3-8H2. The zero-order chi connectivity index (χ0) is 16.1. The van der Waals surface area contributed by atoms with Crippen LogP contribution in [0.4, 0.5) is 4.39 Å². The molecule has 3 rings (SSSR count). The van der Waals surface area contributed by atoms with Crippen LogP contribution in [-0.2, 0) is 4.74 Å². The van der Waals surface area contributed by atoms with Crippen LogP contribution in [0, 0.1) is 5.82 Å². The molecule has 0 saturated carbocycles. The Bertz CT molecular complexity index is 666. The van der Waals surface area contributed by atoms with Gasteiger partial charge < -0.3 is 9.47 Å². The maximum atomic E-state index is 13.9. The van der Waals surface area contributed by atoms with Crippen LogP contribution < -0.4 is 4.74 Å². The number of nitrogens with zero attached hydrogens (tertiary/aromatic N) is 3. The van der Waals surface area contributed by atoms with Crippen LogP contribution in [0.15, 0.2) is 30.6 Å². The van der Waals surface area contributed by atoms with Crippen LogP contribution in [0.5, 0.6) is 5.75 Å². The highest BCUT2D eigenvalue weighted by molar-refractivity contribution is 6.29. The molecule has 0 spiro atoms. The highest BCUT2D eigenvalue weighted by atomic mass is 35.5. The number of ether oxygens (including phenoxy) is 2. The molecule has 0 N–H and O–H groups in total. The number of halogens is 2. The summed E-state index contributed by atoms with van der Waals surface area (Å²) in [5, 5.41) is 0.115. The van der Waals surface area contributed by atoms with Crippen LogP contribution >= 0.6 is 11.6 Å². The number of rotatable bonds is 5. The lowest BCUT2D eigenvalue weighted by Gasteiger charge is -2.26. The van der Waals surface area contributed by atoms with E-state index in [2.05, 4.69) is 14.9 Å². The molecule has 0 aliphatic carbocycles. The van der Waals surface area contributed by atoms with E-state index in [4.69, 9.17) is 21.1 Å². The lowest BCUT2D eigenvalue weighted by molar-refractivity contribution is 0.0322. The molecule has 1 saturated heterocycles. The second-order valence-electron chi connectivity index (χ2n) is 5.17.